The van der Waals surface area contributed by atoms with Crippen molar-refractivity contribution in [2.45, 2.75) is 77.7 Å². The number of halogens is 1. The molecule has 0 radical (unpaired) electrons. The number of carbonyl (C=O) groups excluding carboxylic acids is 4. The van der Waals surface area contributed by atoms with Gasteiger partial charge < -0.3 is 9.47 Å². The van der Waals surface area contributed by atoms with Gasteiger partial charge in [-0.3, -0.25) is 19.2 Å². The Hall–Kier alpha value is -1.95. The topological polar surface area (TPSA) is 86.7 Å². The predicted molar refractivity (Wildman–Crippen MR) is 127 cm³/mol. The van der Waals surface area contributed by atoms with Gasteiger partial charge in [0.1, 0.15) is 0 Å². The second-order valence-electron chi connectivity index (χ2n) is 11.1. The first kappa shape index (κ1) is 25.2. The molecule has 0 aromatic rings. The molecule has 0 aliphatic heterocycles. The Morgan fingerprint density at radius 3 is 2.59 bits per heavy atom. The Balaban J connectivity index is 1.75. The molecule has 0 N–H and O–H groups in total. The molecular formula is C27H35ClO6. The number of Topliss-reactive ketones (excluding diaryl/α,β-unsaturated/α-hetero) is 1. The number of allylic oxidation sites excluding steroid dienone is 4. The van der Waals surface area contributed by atoms with Gasteiger partial charge in [-0.1, -0.05) is 39.3 Å². The van der Waals surface area contributed by atoms with Crippen molar-refractivity contribution in [1.82, 2.24) is 0 Å². The van der Waals surface area contributed by atoms with Crippen LogP contribution in [0.1, 0.15) is 66.7 Å². The quantitative estimate of drug-likeness (QED) is 0.414. The monoisotopic (exact) mass is 490 g/mol. The minimum absolute atomic E-state index is 0.0216. The summed E-state index contributed by atoms with van der Waals surface area (Å²) in [6, 6.07) is 0. The summed E-state index contributed by atoms with van der Waals surface area (Å²) < 4.78 is 11.2. The molecule has 0 saturated heterocycles. The predicted octanol–water partition coefficient (Wildman–Crippen LogP) is 4.58. The summed E-state index contributed by atoms with van der Waals surface area (Å²) >= 11 is 7.18. The SMILES string of the molecule is CCC(=O)OCC(=O)[C@@]1(OC(C)=O)C(C)C[C@H]2[C@@H]3CCC4=CC(=O)C=C[C@]4(C)[C@H]3C(Cl)C[C@@]21C. The van der Waals surface area contributed by atoms with Gasteiger partial charge in [0.25, 0.3) is 0 Å². The van der Waals surface area contributed by atoms with E-state index in [1.54, 1.807) is 19.1 Å². The number of fused-ring (bicyclic) bond motifs is 5. The maximum Gasteiger partial charge on any atom is 0.305 e. The lowest BCUT2D eigenvalue weighted by Crippen LogP contribution is -2.63. The van der Waals surface area contributed by atoms with Gasteiger partial charge in [0, 0.05) is 35.5 Å². The molecule has 6 nitrogen and oxygen atoms in total. The Kier molecular flexibility index (Phi) is 6.37. The Morgan fingerprint density at radius 1 is 1.24 bits per heavy atom. The van der Waals surface area contributed by atoms with Crippen molar-refractivity contribution in [3.8, 4) is 0 Å². The maximum absolute atomic E-state index is 13.7. The molecule has 34 heavy (non-hydrogen) atoms. The molecule has 0 spiro atoms. The van der Waals surface area contributed by atoms with Crippen LogP contribution >= 0.6 is 11.6 Å². The van der Waals surface area contributed by atoms with Crippen molar-refractivity contribution in [3.05, 3.63) is 23.8 Å². The average Bonchev–Trinajstić information content (AvgIpc) is 2.98. The van der Waals surface area contributed by atoms with Crippen molar-refractivity contribution < 1.29 is 28.7 Å². The van der Waals surface area contributed by atoms with Gasteiger partial charge in [0.05, 0.1) is 0 Å². The van der Waals surface area contributed by atoms with Crippen LogP contribution in [0.3, 0.4) is 0 Å². The zero-order valence-corrected chi connectivity index (χ0v) is 21.4. The molecule has 2 unspecified atom stereocenters. The Bertz CT molecular complexity index is 984. The zero-order valence-electron chi connectivity index (χ0n) is 20.7. The van der Waals surface area contributed by atoms with E-state index in [0.717, 1.165) is 24.8 Å². The summed E-state index contributed by atoms with van der Waals surface area (Å²) in [6.07, 6.45) is 8.50. The molecule has 4 rings (SSSR count). The normalized spacial score (nSPS) is 42.7. The van der Waals surface area contributed by atoms with Crippen LogP contribution in [-0.2, 0) is 28.7 Å². The van der Waals surface area contributed by atoms with E-state index in [0.29, 0.717) is 6.42 Å². The van der Waals surface area contributed by atoms with Gasteiger partial charge in [0.15, 0.2) is 18.0 Å². The Morgan fingerprint density at radius 2 is 1.94 bits per heavy atom. The fourth-order valence-electron chi connectivity index (χ4n) is 8.02. The summed E-state index contributed by atoms with van der Waals surface area (Å²) in [5.41, 5.74) is -1.25. The van der Waals surface area contributed by atoms with E-state index in [4.69, 9.17) is 21.1 Å². The number of esters is 2. The zero-order chi connectivity index (χ0) is 25.1. The molecule has 186 valence electrons. The van der Waals surface area contributed by atoms with Crippen LogP contribution < -0.4 is 0 Å². The molecule has 3 saturated carbocycles. The molecule has 0 bridgehead atoms. The fraction of sp³-hybridized carbons (Fsp3) is 0.704. The summed E-state index contributed by atoms with van der Waals surface area (Å²) in [4.78, 5) is 49.9. The van der Waals surface area contributed by atoms with Crippen molar-refractivity contribution >= 4 is 35.1 Å². The highest BCUT2D eigenvalue weighted by atomic mass is 35.5. The van der Waals surface area contributed by atoms with Crippen molar-refractivity contribution in [2.75, 3.05) is 6.61 Å². The van der Waals surface area contributed by atoms with E-state index in [1.165, 1.54) is 6.92 Å². The second-order valence-corrected chi connectivity index (χ2v) is 11.6. The number of hydrogen-bond acceptors (Lipinski definition) is 6. The van der Waals surface area contributed by atoms with Crippen LogP contribution in [-0.4, -0.2) is 41.1 Å². The average molecular weight is 491 g/mol. The number of ether oxygens (including phenoxy) is 2. The molecule has 0 amide bonds. The maximum atomic E-state index is 13.7. The number of ketones is 2. The van der Waals surface area contributed by atoms with Crippen LogP contribution in [0.15, 0.2) is 23.8 Å². The summed E-state index contributed by atoms with van der Waals surface area (Å²) in [6.45, 7) is 8.74. The third-order valence-corrected chi connectivity index (χ3v) is 9.79. The molecular weight excluding hydrogens is 456 g/mol. The van der Waals surface area contributed by atoms with Crippen molar-refractivity contribution in [3.63, 3.8) is 0 Å². The second kappa shape index (κ2) is 8.61. The highest BCUT2D eigenvalue weighted by Gasteiger charge is 2.72. The first-order valence-corrected chi connectivity index (χ1v) is 12.8. The van der Waals surface area contributed by atoms with Gasteiger partial charge in [-0.15, -0.1) is 11.6 Å². The third kappa shape index (κ3) is 3.51. The van der Waals surface area contributed by atoms with Crippen LogP contribution in [0, 0.1) is 34.5 Å². The molecule has 4 aliphatic carbocycles. The van der Waals surface area contributed by atoms with Gasteiger partial charge in [-0.05, 0) is 55.6 Å². The summed E-state index contributed by atoms with van der Waals surface area (Å²) in [5, 5.41) is -0.274. The van der Waals surface area contributed by atoms with Gasteiger partial charge in [-0.2, -0.15) is 0 Å². The first-order chi connectivity index (χ1) is 15.9. The van der Waals surface area contributed by atoms with Gasteiger partial charge in [-0.25, -0.2) is 0 Å². The molecule has 4 aliphatic rings. The third-order valence-electron chi connectivity index (χ3n) is 9.37. The van der Waals surface area contributed by atoms with Crippen LogP contribution in [0.4, 0.5) is 0 Å². The minimum Gasteiger partial charge on any atom is -0.457 e. The fourth-order valence-corrected chi connectivity index (χ4v) is 8.79. The number of rotatable bonds is 5. The lowest BCUT2D eigenvalue weighted by Gasteiger charge is -2.60. The van der Waals surface area contributed by atoms with Gasteiger partial charge >= 0.3 is 11.9 Å². The molecule has 0 aromatic carbocycles. The lowest BCUT2D eigenvalue weighted by molar-refractivity contribution is -0.195. The molecule has 7 heteroatoms. The summed E-state index contributed by atoms with van der Waals surface area (Å²) in [5.74, 6) is -1.13. The number of alkyl halides is 1. The summed E-state index contributed by atoms with van der Waals surface area (Å²) in [7, 11) is 0. The lowest BCUT2D eigenvalue weighted by atomic mass is 9.47. The van der Waals surface area contributed by atoms with Crippen LogP contribution in [0.25, 0.3) is 0 Å². The number of hydrogen-bond donors (Lipinski definition) is 0. The van der Waals surface area contributed by atoms with E-state index in [9.17, 15) is 19.2 Å². The highest BCUT2D eigenvalue weighted by Crippen LogP contribution is 2.70. The molecule has 8 atom stereocenters. The van der Waals surface area contributed by atoms with Crippen LogP contribution in [0.5, 0.6) is 0 Å². The molecule has 0 heterocycles. The minimum atomic E-state index is -1.40. The molecule has 0 aromatic heterocycles. The molecule has 3 fully saturated rings. The van der Waals surface area contributed by atoms with Crippen molar-refractivity contribution in [2.24, 2.45) is 34.5 Å². The van der Waals surface area contributed by atoms with E-state index < -0.39 is 29.6 Å². The van der Waals surface area contributed by atoms with E-state index >= 15 is 0 Å². The highest BCUT2D eigenvalue weighted by molar-refractivity contribution is 6.21. The van der Waals surface area contributed by atoms with Crippen molar-refractivity contribution in [1.29, 1.82) is 0 Å². The standard InChI is InChI=1S/C27H35ClO6/c1-6-23(32)33-14-22(31)27(34-16(3)29)15(2)11-20-19-8-7-17-12-18(30)9-10-25(17,4)24(19)21(28)13-26(20,27)5/h9-10,12,15,19-21,24H,6-8,11,13-14H2,1-5H3/t15?,19-,20-,21?,24+,25-,26-,27-/m0/s1. The first-order valence-electron chi connectivity index (χ1n) is 12.4. The largest absolute Gasteiger partial charge is 0.457 e. The Labute approximate surface area is 206 Å². The van der Waals surface area contributed by atoms with Crippen LogP contribution in [0.2, 0.25) is 0 Å². The smallest absolute Gasteiger partial charge is 0.305 e. The van der Waals surface area contributed by atoms with Gasteiger partial charge in [0.2, 0.25) is 5.78 Å². The van der Waals surface area contributed by atoms with E-state index in [2.05, 4.69) is 6.92 Å². The van der Waals surface area contributed by atoms with E-state index in [-0.39, 0.29) is 52.5 Å². The van der Waals surface area contributed by atoms with E-state index in [1.807, 2.05) is 19.9 Å². The number of carbonyl (C=O) groups is 4.